The lowest BCUT2D eigenvalue weighted by atomic mass is 9.82. The molecule has 0 aliphatic carbocycles. The van der Waals surface area contributed by atoms with Crippen molar-refractivity contribution in [3.05, 3.63) is 35.6 Å². The molecule has 1 aromatic rings. The number of likely N-dealkylation sites (tertiary alicyclic amines) is 1. The smallest absolute Gasteiger partial charge is 0.123 e. The van der Waals surface area contributed by atoms with E-state index in [2.05, 4.69) is 38.0 Å². The van der Waals surface area contributed by atoms with Crippen molar-refractivity contribution in [2.24, 2.45) is 11.3 Å². The van der Waals surface area contributed by atoms with Gasteiger partial charge in [0.15, 0.2) is 0 Å². The van der Waals surface area contributed by atoms with Gasteiger partial charge in [-0.2, -0.15) is 0 Å². The average molecular weight is 292 g/mol. The van der Waals surface area contributed by atoms with Gasteiger partial charge in [0.05, 0.1) is 0 Å². The van der Waals surface area contributed by atoms with Crippen molar-refractivity contribution < 1.29 is 4.39 Å². The number of nitrogens with one attached hydrogen (secondary N) is 1. The highest BCUT2D eigenvalue weighted by Gasteiger charge is 2.27. The molecule has 0 aromatic heterocycles. The normalized spacial score (nSPS) is 19.7. The maximum Gasteiger partial charge on any atom is 0.123 e. The van der Waals surface area contributed by atoms with Gasteiger partial charge in [0.2, 0.25) is 0 Å². The molecule has 0 bridgehead atoms. The molecule has 1 atom stereocenters. The van der Waals surface area contributed by atoms with E-state index in [9.17, 15) is 4.39 Å². The monoisotopic (exact) mass is 292 g/mol. The van der Waals surface area contributed by atoms with Crippen LogP contribution in [-0.4, -0.2) is 31.6 Å². The van der Waals surface area contributed by atoms with Gasteiger partial charge in [-0.05, 0) is 68.6 Å². The van der Waals surface area contributed by atoms with Crippen molar-refractivity contribution in [1.29, 1.82) is 0 Å². The highest BCUT2D eigenvalue weighted by atomic mass is 19.1. The summed E-state index contributed by atoms with van der Waals surface area (Å²) in [5.74, 6) is 0.591. The van der Waals surface area contributed by atoms with E-state index in [0.717, 1.165) is 12.5 Å². The Balaban J connectivity index is 1.99. The molecule has 0 spiro atoms. The number of nitrogens with zero attached hydrogens (tertiary/aromatic N) is 1. The summed E-state index contributed by atoms with van der Waals surface area (Å²) in [7, 11) is 2.19. The molecular weight excluding hydrogens is 263 g/mol. The van der Waals surface area contributed by atoms with Crippen LogP contribution in [0.15, 0.2) is 24.3 Å². The predicted molar refractivity (Wildman–Crippen MR) is 86.8 cm³/mol. The van der Waals surface area contributed by atoms with Gasteiger partial charge in [0.25, 0.3) is 0 Å². The SMILES string of the molecule is CN1CCC(CNC(c2ccc(F)cc2)C(C)(C)C)CC1. The lowest BCUT2D eigenvalue weighted by molar-refractivity contribution is 0.196. The molecule has 1 heterocycles. The van der Waals surface area contributed by atoms with Crippen LogP contribution in [0.5, 0.6) is 0 Å². The molecular formula is C18H29FN2. The average Bonchev–Trinajstić information content (AvgIpc) is 2.42. The van der Waals surface area contributed by atoms with Crippen molar-refractivity contribution in [2.75, 3.05) is 26.7 Å². The summed E-state index contributed by atoms with van der Waals surface area (Å²) in [4.78, 5) is 2.40. The lowest BCUT2D eigenvalue weighted by Crippen LogP contribution is -2.39. The van der Waals surface area contributed by atoms with Crippen LogP contribution in [0.3, 0.4) is 0 Å². The van der Waals surface area contributed by atoms with E-state index in [1.54, 1.807) is 12.1 Å². The van der Waals surface area contributed by atoms with Crippen molar-refractivity contribution in [2.45, 2.75) is 39.7 Å². The zero-order chi connectivity index (χ0) is 15.5. The molecule has 1 aliphatic rings. The first-order valence-electron chi connectivity index (χ1n) is 8.03. The van der Waals surface area contributed by atoms with Gasteiger partial charge in [-0.15, -0.1) is 0 Å². The summed E-state index contributed by atoms with van der Waals surface area (Å²) < 4.78 is 13.1. The Morgan fingerprint density at radius 1 is 1.19 bits per heavy atom. The Morgan fingerprint density at radius 3 is 2.29 bits per heavy atom. The van der Waals surface area contributed by atoms with Crippen LogP contribution >= 0.6 is 0 Å². The number of halogens is 1. The third-order valence-electron chi connectivity index (χ3n) is 4.52. The molecule has 1 N–H and O–H groups in total. The fourth-order valence-corrected chi connectivity index (χ4v) is 3.13. The fourth-order valence-electron chi connectivity index (χ4n) is 3.13. The van der Waals surface area contributed by atoms with E-state index in [4.69, 9.17) is 0 Å². The second-order valence-electron chi connectivity index (χ2n) is 7.51. The van der Waals surface area contributed by atoms with E-state index in [0.29, 0.717) is 0 Å². The molecule has 0 radical (unpaired) electrons. The van der Waals surface area contributed by atoms with E-state index >= 15 is 0 Å². The van der Waals surface area contributed by atoms with Crippen LogP contribution in [0.4, 0.5) is 4.39 Å². The van der Waals surface area contributed by atoms with Crippen LogP contribution in [0.1, 0.15) is 45.2 Å². The third kappa shape index (κ3) is 4.79. The predicted octanol–water partition coefficient (Wildman–Crippen LogP) is 3.84. The summed E-state index contributed by atoms with van der Waals surface area (Å²) in [6, 6.07) is 7.20. The minimum absolute atomic E-state index is 0.114. The Hall–Kier alpha value is -0.930. The second-order valence-corrected chi connectivity index (χ2v) is 7.51. The molecule has 118 valence electrons. The fraction of sp³-hybridized carbons (Fsp3) is 0.667. The molecule has 1 saturated heterocycles. The Bertz CT molecular complexity index is 428. The zero-order valence-corrected chi connectivity index (χ0v) is 13.8. The first-order chi connectivity index (χ1) is 9.86. The number of hydrogen-bond donors (Lipinski definition) is 1. The highest BCUT2D eigenvalue weighted by molar-refractivity contribution is 5.21. The maximum atomic E-state index is 13.1. The number of rotatable bonds is 4. The molecule has 1 aliphatic heterocycles. The minimum atomic E-state index is -0.165. The standard InChI is InChI=1S/C18H29FN2/c1-18(2,3)17(15-5-7-16(19)8-6-15)20-13-14-9-11-21(4)12-10-14/h5-8,14,17,20H,9-13H2,1-4H3. The summed E-state index contributed by atoms with van der Waals surface area (Å²) in [5, 5.41) is 3.74. The van der Waals surface area contributed by atoms with Gasteiger partial charge < -0.3 is 10.2 Å². The van der Waals surface area contributed by atoms with E-state index in [1.807, 2.05) is 12.1 Å². The van der Waals surface area contributed by atoms with Gasteiger partial charge in [-0.3, -0.25) is 0 Å². The van der Waals surface area contributed by atoms with E-state index in [1.165, 1.54) is 31.5 Å². The van der Waals surface area contributed by atoms with Gasteiger partial charge in [0, 0.05) is 6.04 Å². The van der Waals surface area contributed by atoms with E-state index in [-0.39, 0.29) is 17.3 Å². The molecule has 1 aromatic carbocycles. The topological polar surface area (TPSA) is 15.3 Å². The van der Waals surface area contributed by atoms with E-state index < -0.39 is 0 Å². The summed E-state index contributed by atoms with van der Waals surface area (Å²) in [6.45, 7) is 10.2. The van der Waals surface area contributed by atoms with Crippen LogP contribution in [-0.2, 0) is 0 Å². The first kappa shape index (κ1) is 16.4. The van der Waals surface area contributed by atoms with Crippen molar-refractivity contribution in [3.8, 4) is 0 Å². The van der Waals surface area contributed by atoms with Crippen LogP contribution in [0.2, 0.25) is 0 Å². The molecule has 1 unspecified atom stereocenters. The Labute approximate surface area is 128 Å². The summed E-state index contributed by atoms with van der Waals surface area (Å²) in [5.41, 5.74) is 1.29. The first-order valence-corrected chi connectivity index (χ1v) is 8.03. The van der Waals surface area contributed by atoms with Crippen LogP contribution in [0.25, 0.3) is 0 Å². The largest absolute Gasteiger partial charge is 0.309 e. The van der Waals surface area contributed by atoms with Crippen molar-refractivity contribution >= 4 is 0 Å². The number of hydrogen-bond acceptors (Lipinski definition) is 2. The summed E-state index contributed by atoms with van der Waals surface area (Å²) in [6.07, 6.45) is 2.54. The molecule has 0 saturated carbocycles. The lowest BCUT2D eigenvalue weighted by Gasteiger charge is -2.35. The molecule has 1 fully saturated rings. The quantitative estimate of drug-likeness (QED) is 0.907. The van der Waals surface area contributed by atoms with Gasteiger partial charge in [-0.1, -0.05) is 32.9 Å². The van der Waals surface area contributed by atoms with Gasteiger partial charge >= 0.3 is 0 Å². The van der Waals surface area contributed by atoms with Crippen LogP contribution < -0.4 is 5.32 Å². The third-order valence-corrected chi connectivity index (χ3v) is 4.52. The van der Waals surface area contributed by atoms with Gasteiger partial charge in [-0.25, -0.2) is 4.39 Å². The summed E-state index contributed by atoms with van der Waals surface area (Å²) >= 11 is 0. The minimum Gasteiger partial charge on any atom is -0.309 e. The molecule has 3 heteroatoms. The maximum absolute atomic E-state index is 13.1. The molecule has 2 rings (SSSR count). The molecule has 0 amide bonds. The number of benzene rings is 1. The Kier molecular flexibility index (Phi) is 5.39. The Morgan fingerprint density at radius 2 is 1.76 bits per heavy atom. The number of piperidine rings is 1. The van der Waals surface area contributed by atoms with Crippen LogP contribution in [0, 0.1) is 17.2 Å². The van der Waals surface area contributed by atoms with Crippen molar-refractivity contribution in [1.82, 2.24) is 10.2 Å². The zero-order valence-electron chi connectivity index (χ0n) is 13.8. The highest BCUT2D eigenvalue weighted by Crippen LogP contribution is 2.33. The molecule has 2 nitrogen and oxygen atoms in total. The second kappa shape index (κ2) is 6.89. The van der Waals surface area contributed by atoms with Crippen molar-refractivity contribution in [3.63, 3.8) is 0 Å². The van der Waals surface area contributed by atoms with Gasteiger partial charge in [0.1, 0.15) is 5.82 Å². The molecule has 21 heavy (non-hydrogen) atoms.